The van der Waals surface area contributed by atoms with Crippen LogP contribution in [0.15, 0.2) is 70.7 Å². The van der Waals surface area contributed by atoms with Crippen molar-refractivity contribution in [3.63, 3.8) is 0 Å². The van der Waals surface area contributed by atoms with Gasteiger partial charge >= 0.3 is 0 Å². The number of guanidine groups is 1. The van der Waals surface area contributed by atoms with Gasteiger partial charge in [-0.3, -0.25) is 4.79 Å². The van der Waals surface area contributed by atoms with Crippen LogP contribution in [0.3, 0.4) is 0 Å². The van der Waals surface area contributed by atoms with E-state index in [0.29, 0.717) is 5.17 Å². The maximum absolute atomic E-state index is 12.1. The predicted octanol–water partition coefficient (Wildman–Crippen LogP) is 3.32. The standard InChI is InChI=1S/C21H23N5OS/c1-21(12-13-28-20(26-21)25-19(22)23)16-7-5-6-15(14-16)10-11-18(27)24-17-8-3-2-4-9-17/h2-11,14H,12-13H2,1H3,(H,24,27)(H4,22,23,25,26). The number of nitrogens with one attached hydrogen (secondary N) is 1. The van der Waals surface area contributed by atoms with E-state index in [1.807, 2.05) is 54.6 Å². The van der Waals surface area contributed by atoms with Crippen LogP contribution in [0.2, 0.25) is 0 Å². The first kappa shape index (κ1) is 19.7. The number of aliphatic imine (C=N–C) groups is 2. The Balaban J connectivity index is 1.76. The van der Waals surface area contributed by atoms with E-state index in [9.17, 15) is 4.79 Å². The summed E-state index contributed by atoms with van der Waals surface area (Å²) < 4.78 is 0. The lowest BCUT2D eigenvalue weighted by Gasteiger charge is -2.30. The molecule has 1 amide bonds. The highest BCUT2D eigenvalue weighted by atomic mass is 32.2. The van der Waals surface area contributed by atoms with Crippen LogP contribution < -0.4 is 16.8 Å². The highest BCUT2D eigenvalue weighted by Gasteiger charge is 2.30. The van der Waals surface area contributed by atoms with Gasteiger partial charge in [0.05, 0.1) is 5.54 Å². The predicted molar refractivity (Wildman–Crippen MR) is 118 cm³/mol. The summed E-state index contributed by atoms with van der Waals surface area (Å²) in [5.74, 6) is 0.715. The lowest BCUT2D eigenvalue weighted by atomic mass is 9.89. The zero-order chi connectivity index (χ0) is 20.0. The Bertz CT molecular complexity index is 935. The van der Waals surface area contributed by atoms with Crippen LogP contribution in [-0.4, -0.2) is 22.8 Å². The summed E-state index contributed by atoms with van der Waals surface area (Å²) in [6.07, 6.45) is 4.20. The Morgan fingerprint density at radius 1 is 1.21 bits per heavy atom. The smallest absolute Gasteiger partial charge is 0.248 e. The van der Waals surface area contributed by atoms with Gasteiger partial charge in [-0.25, -0.2) is 4.99 Å². The molecule has 3 rings (SSSR count). The molecule has 5 N–H and O–H groups in total. The van der Waals surface area contributed by atoms with Crippen molar-refractivity contribution in [1.82, 2.24) is 0 Å². The topological polar surface area (TPSA) is 106 Å². The van der Waals surface area contributed by atoms with Gasteiger partial charge in [0, 0.05) is 17.5 Å². The highest BCUT2D eigenvalue weighted by Crippen LogP contribution is 2.36. The summed E-state index contributed by atoms with van der Waals surface area (Å²) in [5.41, 5.74) is 13.3. The fourth-order valence-corrected chi connectivity index (χ4v) is 3.99. The zero-order valence-electron chi connectivity index (χ0n) is 15.6. The van der Waals surface area contributed by atoms with Gasteiger partial charge in [-0.15, -0.1) is 0 Å². The number of para-hydroxylation sites is 1. The second kappa shape index (κ2) is 8.75. The first-order valence-corrected chi connectivity index (χ1v) is 9.90. The number of anilines is 1. The largest absolute Gasteiger partial charge is 0.370 e. The van der Waals surface area contributed by atoms with Gasteiger partial charge in [0.1, 0.15) is 0 Å². The molecule has 0 saturated carbocycles. The summed E-state index contributed by atoms with van der Waals surface area (Å²) in [6, 6.07) is 17.4. The number of carbonyl (C=O) groups is 1. The summed E-state index contributed by atoms with van der Waals surface area (Å²) in [7, 11) is 0. The minimum absolute atomic E-state index is 0.0108. The number of amidine groups is 1. The number of carbonyl (C=O) groups excluding carboxylic acids is 1. The van der Waals surface area contributed by atoms with Gasteiger partial charge in [0.2, 0.25) is 5.91 Å². The van der Waals surface area contributed by atoms with Crippen molar-refractivity contribution in [2.75, 3.05) is 11.1 Å². The molecule has 1 atom stereocenters. The average molecular weight is 394 g/mol. The van der Waals surface area contributed by atoms with E-state index in [-0.39, 0.29) is 11.9 Å². The molecule has 2 aromatic rings. The molecule has 144 valence electrons. The van der Waals surface area contributed by atoms with E-state index >= 15 is 0 Å². The Morgan fingerprint density at radius 2 is 2.00 bits per heavy atom. The summed E-state index contributed by atoms with van der Waals surface area (Å²) in [5, 5.41) is 3.43. The van der Waals surface area contributed by atoms with Crippen molar-refractivity contribution >= 4 is 40.6 Å². The lowest BCUT2D eigenvalue weighted by Crippen LogP contribution is -2.28. The summed E-state index contributed by atoms with van der Waals surface area (Å²) in [4.78, 5) is 21.0. The number of rotatable bonds is 4. The molecule has 1 unspecified atom stereocenters. The zero-order valence-corrected chi connectivity index (χ0v) is 16.4. The molecule has 7 heteroatoms. The lowest BCUT2D eigenvalue weighted by molar-refractivity contribution is -0.111. The van der Waals surface area contributed by atoms with E-state index < -0.39 is 5.54 Å². The summed E-state index contributed by atoms with van der Waals surface area (Å²) >= 11 is 1.54. The van der Waals surface area contributed by atoms with E-state index in [4.69, 9.17) is 16.5 Å². The number of nitrogens with two attached hydrogens (primary N) is 2. The van der Waals surface area contributed by atoms with E-state index in [2.05, 4.69) is 17.2 Å². The number of hydrogen-bond acceptors (Lipinski definition) is 4. The highest BCUT2D eigenvalue weighted by molar-refractivity contribution is 8.13. The van der Waals surface area contributed by atoms with Crippen molar-refractivity contribution in [3.8, 4) is 0 Å². The van der Waals surface area contributed by atoms with Crippen molar-refractivity contribution in [3.05, 3.63) is 71.8 Å². The molecule has 0 aliphatic carbocycles. The molecule has 2 aromatic carbocycles. The first-order valence-electron chi connectivity index (χ1n) is 8.91. The van der Waals surface area contributed by atoms with Crippen LogP contribution >= 0.6 is 11.8 Å². The van der Waals surface area contributed by atoms with Crippen LogP contribution in [0.25, 0.3) is 6.08 Å². The minimum Gasteiger partial charge on any atom is -0.370 e. The normalized spacial score (nSPS) is 19.1. The van der Waals surface area contributed by atoms with Gasteiger partial charge in [0.15, 0.2) is 11.1 Å². The number of hydrogen-bond donors (Lipinski definition) is 3. The molecule has 0 spiro atoms. The Kier molecular flexibility index (Phi) is 6.16. The number of nitrogens with zero attached hydrogens (tertiary/aromatic N) is 2. The second-order valence-corrected chi connectivity index (χ2v) is 7.68. The third-order valence-electron chi connectivity index (χ3n) is 4.36. The number of thioether (sulfide) groups is 1. The van der Waals surface area contributed by atoms with Crippen molar-refractivity contribution in [2.45, 2.75) is 18.9 Å². The molecule has 0 radical (unpaired) electrons. The fourth-order valence-electron chi connectivity index (χ4n) is 2.87. The number of benzene rings is 2. The second-order valence-electron chi connectivity index (χ2n) is 6.62. The van der Waals surface area contributed by atoms with Crippen LogP contribution in [0.4, 0.5) is 5.69 Å². The van der Waals surface area contributed by atoms with E-state index in [0.717, 1.165) is 29.0 Å². The van der Waals surface area contributed by atoms with Gasteiger partial charge in [-0.05, 0) is 48.7 Å². The van der Waals surface area contributed by atoms with Gasteiger partial charge in [-0.2, -0.15) is 4.99 Å². The van der Waals surface area contributed by atoms with Crippen LogP contribution in [0, 0.1) is 0 Å². The van der Waals surface area contributed by atoms with Crippen molar-refractivity contribution in [1.29, 1.82) is 0 Å². The fraction of sp³-hybridized carbons (Fsp3) is 0.190. The van der Waals surface area contributed by atoms with E-state index in [1.54, 1.807) is 17.8 Å². The van der Waals surface area contributed by atoms with E-state index in [1.165, 1.54) is 6.08 Å². The molecular formula is C21H23N5OS. The Hall–Kier alpha value is -3.06. The quantitative estimate of drug-likeness (QED) is 0.421. The molecular weight excluding hydrogens is 370 g/mol. The minimum atomic E-state index is -0.407. The Morgan fingerprint density at radius 3 is 2.75 bits per heavy atom. The summed E-state index contributed by atoms with van der Waals surface area (Å²) in [6.45, 7) is 2.07. The molecule has 1 aliphatic heterocycles. The molecule has 6 nitrogen and oxygen atoms in total. The van der Waals surface area contributed by atoms with Crippen molar-refractivity contribution in [2.24, 2.45) is 21.5 Å². The van der Waals surface area contributed by atoms with Gasteiger partial charge in [0.25, 0.3) is 0 Å². The first-order chi connectivity index (χ1) is 13.4. The monoisotopic (exact) mass is 393 g/mol. The van der Waals surface area contributed by atoms with Crippen LogP contribution in [0.5, 0.6) is 0 Å². The maximum atomic E-state index is 12.1. The maximum Gasteiger partial charge on any atom is 0.248 e. The third-order valence-corrected chi connectivity index (χ3v) is 5.21. The number of amides is 1. The molecule has 28 heavy (non-hydrogen) atoms. The molecule has 0 fully saturated rings. The SMILES string of the molecule is CC1(c2cccc(C=CC(=O)Nc3ccccc3)c2)CCSC(N=C(N)N)=N1. The molecule has 0 saturated heterocycles. The van der Waals surface area contributed by atoms with Gasteiger partial charge in [-0.1, -0.05) is 48.2 Å². The third kappa shape index (κ3) is 5.23. The van der Waals surface area contributed by atoms with Gasteiger partial charge < -0.3 is 16.8 Å². The molecule has 1 aliphatic rings. The molecule has 1 heterocycles. The molecule has 0 aromatic heterocycles. The van der Waals surface area contributed by atoms with Crippen LogP contribution in [0.1, 0.15) is 24.5 Å². The van der Waals surface area contributed by atoms with Crippen LogP contribution in [-0.2, 0) is 10.3 Å². The van der Waals surface area contributed by atoms with Crippen molar-refractivity contribution < 1.29 is 4.79 Å². The average Bonchev–Trinajstić information content (AvgIpc) is 2.67. The Labute approximate surface area is 168 Å². The molecule has 0 bridgehead atoms.